The molecule has 0 atom stereocenters. The molecular formula is C10H13N. The van der Waals surface area contributed by atoms with Crippen LogP contribution in [0.25, 0.3) is 0 Å². The van der Waals surface area contributed by atoms with E-state index in [1.54, 1.807) is 0 Å². The van der Waals surface area contributed by atoms with Gasteiger partial charge in [-0.1, -0.05) is 18.2 Å². The average Bonchev–Trinajstić information content (AvgIpc) is 2.50. The lowest BCUT2D eigenvalue weighted by molar-refractivity contribution is 0.368. The van der Waals surface area contributed by atoms with Crippen LogP contribution in [0, 0.1) is 0 Å². The maximum Gasteiger partial charge on any atom is 0.0436 e. The molecule has 1 heterocycles. The molecule has 0 bridgehead atoms. The zero-order chi connectivity index (χ0) is 7.68. The number of allylic oxidation sites excluding steroid dienone is 3. The van der Waals surface area contributed by atoms with Crippen LogP contribution in [0.1, 0.15) is 13.3 Å². The van der Waals surface area contributed by atoms with E-state index in [0.29, 0.717) is 0 Å². The van der Waals surface area contributed by atoms with Gasteiger partial charge in [-0.3, -0.25) is 0 Å². The number of fused-ring (bicyclic) bond motifs is 1. The quantitative estimate of drug-likeness (QED) is 0.549. The molecule has 0 spiro atoms. The van der Waals surface area contributed by atoms with Crippen molar-refractivity contribution in [1.82, 2.24) is 4.90 Å². The summed E-state index contributed by atoms with van der Waals surface area (Å²) >= 11 is 0. The van der Waals surface area contributed by atoms with E-state index in [-0.39, 0.29) is 0 Å². The summed E-state index contributed by atoms with van der Waals surface area (Å²) in [5.41, 5.74) is 2.83. The normalized spacial score (nSPS) is 21.4. The van der Waals surface area contributed by atoms with E-state index in [9.17, 15) is 0 Å². The molecule has 0 fully saturated rings. The van der Waals surface area contributed by atoms with E-state index in [4.69, 9.17) is 0 Å². The van der Waals surface area contributed by atoms with Gasteiger partial charge < -0.3 is 4.90 Å². The molecule has 0 aromatic carbocycles. The Morgan fingerprint density at radius 1 is 1.55 bits per heavy atom. The predicted molar refractivity (Wildman–Crippen MR) is 47.2 cm³/mol. The first-order valence-electron chi connectivity index (χ1n) is 4.25. The van der Waals surface area contributed by atoms with Gasteiger partial charge in [0.05, 0.1) is 0 Å². The van der Waals surface area contributed by atoms with Gasteiger partial charge in [0.15, 0.2) is 0 Å². The zero-order valence-electron chi connectivity index (χ0n) is 6.88. The number of hydrogen-bond acceptors (Lipinski definition) is 1. The molecule has 1 aliphatic carbocycles. The van der Waals surface area contributed by atoms with Crippen LogP contribution in [0.5, 0.6) is 0 Å². The third-order valence-electron chi connectivity index (χ3n) is 2.31. The molecule has 2 aliphatic rings. The van der Waals surface area contributed by atoms with Crippen molar-refractivity contribution in [1.29, 1.82) is 0 Å². The van der Waals surface area contributed by atoms with Gasteiger partial charge in [0.1, 0.15) is 0 Å². The highest BCUT2D eigenvalue weighted by Crippen LogP contribution is 2.26. The average molecular weight is 147 g/mol. The molecule has 0 saturated heterocycles. The van der Waals surface area contributed by atoms with Crippen molar-refractivity contribution < 1.29 is 0 Å². The van der Waals surface area contributed by atoms with Gasteiger partial charge in [0.2, 0.25) is 0 Å². The highest BCUT2D eigenvalue weighted by atomic mass is 15.1. The SMILES string of the molecule is CCN1CCC=C2C=CC=C21. The third kappa shape index (κ3) is 1.01. The lowest BCUT2D eigenvalue weighted by atomic mass is 10.1. The van der Waals surface area contributed by atoms with E-state index in [1.807, 2.05) is 0 Å². The molecule has 1 aliphatic heterocycles. The second-order valence-electron chi connectivity index (χ2n) is 2.94. The van der Waals surface area contributed by atoms with Gasteiger partial charge >= 0.3 is 0 Å². The standard InChI is InChI=1S/C10H13N/c1-2-11-8-4-6-9-5-3-7-10(9)11/h3,5-7H,2,4,8H2,1H3. The van der Waals surface area contributed by atoms with E-state index >= 15 is 0 Å². The third-order valence-corrected chi connectivity index (χ3v) is 2.31. The van der Waals surface area contributed by atoms with Crippen molar-refractivity contribution in [3.8, 4) is 0 Å². The van der Waals surface area contributed by atoms with Crippen LogP contribution in [0.2, 0.25) is 0 Å². The smallest absolute Gasteiger partial charge is 0.0436 e. The van der Waals surface area contributed by atoms with Crippen LogP contribution in [0.4, 0.5) is 0 Å². The molecule has 0 saturated carbocycles. The van der Waals surface area contributed by atoms with E-state index in [2.05, 4.69) is 36.1 Å². The molecule has 0 radical (unpaired) electrons. The zero-order valence-corrected chi connectivity index (χ0v) is 6.88. The Bertz CT molecular complexity index is 246. The van der Waals surface area contributed by atoms with Gasteiger partial charge in [-0.15, -0.1) is 0 Å². The minimum absolute atomic E-state index is 1.13. The van der Waals surface area contributed by atoms with Crippen LogP contribution >= 0.6 is 0 Å². The van der Waals surface area contributed by atoms with Crippen LogP contribution in [0.15, 0.2) is 35.6 Å². The fourth-order valence-electron chi connectivity index (χ4n) is 1.71. The molecule has 1 nitrogen and oxygen atoms in total. The van der Waals surface area contributed by atoms with Crippen molar-refractivity contribution in [2.75, 3.05) is 13.1 Å². The second kappa shape index (κ2) is 2.57. The summed E-state index contributed by atoms with van der Waals surface area (Å²) in [6, 6.07) is 0. The van der Waals surface area contributed by atoms with E-state index < -0.39 is 0 Å². The Morgan fingerprint density at radius 3 is 3.27 bits per heavy atom. The molecule has 58 valence electrons. The Morgan fingerprint density at radius 2 is 2.45 bits per heavy atom. The lowest BCUT2D eigenvalue weighted by Crippen LogP contribution is -2.26. The number of hydrogen-bond donors (Lipinski definition) is 0. The van der Waals surface area contributed by atoms with Crippen LogP contribution in [-0.2, 0) is 0 Å². The monoisotopic (exact) mass is 147 g/mol. The van der Waals surface area contributed by atoms with E-state index in [1.165, 1.54) is 24.2 Å². The molecule has 0 unspecified atom stereocenters. The fraction of sp³-hybridized carbons (Fsp3) is 0.400. The summed E-state index contributed by atoms with van der Waals surface area (Å²) < 4.78 is 0. The molecule has 0 N–H and O–H groups in total. The topological polar surface area (TPSA) is 3.24 Å². The van der Waals surface area contributed by atoms with Gasteiger partial charge in [-0.2, -0.15) is 0 Å². The van der Waals surface area contributed by atoms with Crippen LogP contribution in [-0.4, -0.2) is 18.0 Å². The summed E-state index contributed by atoms with van der Waals surface area (Å²) in [6.07, 6.45) is 10.0. The molecule has 0 amide bonds. The van der Waals surface area contributed by atoms with Gasteiger partial charge in [-0.05, 0) is 25.0 Å². The number of nitrogens with zero attached hydrogens (tertiary/aromatic N) is 1. The molecule has 2 rings (SSSR count). The van der Waals surface area contributed by atoms with Crippen LogP contribution in [0.3, 0.4) is 0 Å². The minimum Gasteiger partial charge on any atom is -0.371 e. The molecule has 0 aromatic rings. The van der Waals surface area contributed by atoms with E-state index in [0.717, 1.165) is 6.54 Å². The minimum atomic E-state index is 1.13. The maximum atomic E-state index is 2.43. The summed E-state index contributed by atoms with van der Waals surface area (Å²) in [5.74, 6) is 0. The second-order valence-corrected chi connectivity index (χ2v) is 2.94. The maximum absolute atomic E-state index is 2.43. The lowest BCUT2D eigenvalue weighted by Gasteiger charge is -2.28. The van der Waals surface area contributed by atoms with Crippen molar-refractivity contribution in [2.24, 2.45) is 0 Å². The van der Waals surface area contributed by atoms with Crippen molar-refractivity contribution in [2.45, 2.75) is 13.3 Å². The molecular weight excluding hydrogens is 134 g/mol. The Hall–Kier alpha value is -0.980. The highest BCUT2D eigenvalue weighted by Gasteiger charge is 2.16. The summed E-state index contributed by atoms with van der Waals surface area (Å²) in [7, 11) is 0. The first-order valence-corrected chi connectivity index (χ1v) is 4.25. The Kier molecular flexibility index (Phi) is 1.57. The molecule has 1 heteroatoms. The van der Waals surface area contributed by atoms with Gasteiger partial charge in [0.25, 0.3) is 0 Å². The summed E-state index contributed by atoms with van der Waals surface area (Å²) in [4.78, 5) is 2.43. The fourth-order valence-corrected chi connectivity index (χ4v) is 1.71. The number of rotatable bonds is 1. The predicted octanol–water partition coefficient (Wildman–Crippen LogP) is 2.09. The van der Waals surface area contributed by atoms with Crippen LogP contribution < -0.4 is 0 Å². The Labute approximate surface area is 67.7 Å². The number of likely N-dealkylation sites (N-methyl/N-ethyl adjacent to an activating group) is 1. The van der Waals surface area contributed by atoms with Crippen molar-refractivity contribution in [3.05, 3.63) is 35.6 Å². The summed E-state index contributed by atoms with van der Waals surface area (Å²) in [5, 5.41) is 0. The van der Waals surface area contributed by atoms with Crippen molar-refractivity contribution in [3.63, 3.8) is 0 Å². The largest absolute Gasteiger partial charge is 0.371 e. The first-order chi connectivity index (χ1) is 5.42. The summed E-state index contributed by atoms with van der Waals surface area (Å²) in [6.45, 7) is 4.53. The van der Waals surface area contributed by atoms with Crippen molar-refractivity contribution >= 4 is 0 Å². The molecule has 11 heavy (non-hydrogen) atoms. The first kappa shape index (κ1) is 6.71. The van der Waals surface area contributed by atoms with Gasteiger partial charge in [-0.25, -0.2) is 0 Å². The van der Waals surface area contributed by atoms with Gasteiger partial charge in [0, 0.05) is 18.8 Å². The highest BCUT2D eigenvalue weighted by molar-refractivity contribution is 5.48. The molecule has 0 aromatic heterocycles. The Balaban J connectivity index is 2.28.